The standard InChI is InChI=1S/C15H19ClN6O/c1-10(2)22-12(5-6-18-22)19-14(23)13-11(16)9-17-15(20-13)21-7-3-4-8-21/h5-6,9-10H,3-4,7-8H2,1-2H3,(H,19,23). The number of halogens is 1. The highest BCUT2D eigenvalue weighted by Gasteiger charge is 2.20. The van der Waals surface area contributed by atoms with Crippen molar-refractivity contribution in [3.8, 4) is 0 Å². The van der Waals surface area contributed by atoms with Gasteiger partial charge in [0.2, 0.25) is 5.95 Å². The quantitative estimate of drug-likeness (QED) is 0.930. The third-order valence-corrected chi connectivity index (χ3v) is 4.01. The Morgan fingerprint density at radius 1 is 1.35 bits per heavy atom. The summed E-state index contributed by atoms with van der Waals surface area (Å²) in [5.41, 5.74) is 0.181. The van der Waals surface area contributed by atoms with Gasteiger partial charge < -0.3 is 10.2 Å². The third-order valence-electron chi connectivity index (χ3n) is 3.74. The van der Waals surface area contributed by atoms with E-state index in [9.17, 15) is 4.79 Å². The van der Waals surface area contributed by atoms with Gasteiger partial charge in [0, 0.05) is 25.2 Å². The molecule has 0 aliphatic carbocycles. The lowest BCUT2D eigenvalue weighted by Crippen LogP contribution is -2.23. The molecule has 2 aromatic rings. The molecule has 3 rings (SSSR count). The highest BCUT2D eigenvalue weighted by molar-refractivity contribution is 6.34. The van der Waals surface area contributed by atoms with Crippen molar-refractivity contribution in [2.24, 2.45) is 0 Å². The van der Waals surface area contributed by atoms with Crippen LogP contribution in [0.1, 0.15) is 43.2 Å². The topological polar surface area (TPSA) is 75.9 Å². The first-order valence-corrected chi connectivity index (χ1v) is 8.06. The van der Waals surface area contributed by atoms with Crippen molar-refractivity contribution >= 4 is 29.3 Å². The number of nitrogens with one attached hydrogen (secondary N) is 1. The number of amides is 1. The van der Waals surface area contributed by atoms with Crippen molar-refractivity contribution in [1.82, 2.24) is 19.7 Å². The van der Waals surface area contributed by atoms with Gasteiger partial charge in [-0.3, -0.25) is 4.79 Å². The van der Waals surface area contributed by atoms with E-state index in [0.717, 1.165) is 25.9 Å². The molecule has 0 atom stereocenters. The van der Waals surface area contributed by atoms with E-state index in [1.54, 1.807) is 16.9 Å². The summed E-state index contributed by atoms with van der Waals surface area (Å²) in [5, 5.41) is 7.25. The molecular weight excluding hydrogens is 316 g/mol. The minimum Gasteiger partial charge on any atom is -0.341 e. The average Bonchev–Trinajstić information content (AvgIpc) is 3.18. The van der Waals surface area contributed by atoms with Crippen LogP contribution in [-0.4, -0.2) is 38.7 Å². The van der Waals surface area contributed by atoms with Crippen LogP contribution in [0.4, 0.5) is 11.8 Å². The number of anilines is 2. The molecule has 7 nitrogen and oxygen atoms in total. The van der Waals surface area contributed by atoms with E-state index in [0.29, 0.717) is 11.8 Å². The van der Waals surface area contributed by atoms with Crippen molar-refractivity contribution in [3.05, 3.63) is 29.2 Å². The number of carbonyl (C=O) groups excluding carboxylic acids is 1. The average molecular weight is 335 g/mol. The summed E-state index contributed by atoms with van der Waals surface area (Å²) in [5.74, 6) is 0.803. The zero-order valence-electron chi connectivity index (χ0n) is 13.2. The summed E-state index contributed by atoms with van der Waals surface area (Å²) in [6.45, 7) is 5.79. The number of rotatable bonds is 4. The van der Waals surface area contributed by atoms with Crippen molar-refractivity contribution in [2.75, 3.05) is 23.3 Å². The van der Waals surface area contributed by atoms with Crippen molar-refractivity contribution in [2.45, 2.75) is 32.7 Å². The molecule has 1 aliphatic heterocycles. The van der Waals surface area contributed by atoms with Crippen LogP contribution < -0.4 is 10.2 Å². The van der Waals surface area contributed by atoms with E-state index in [2.05, 4.69) is 25.3 Å². The van der Waals surface area contributed by atoms with E-state index in [-0.39, 0.29) is 22.7 Å². The molecule has 0 bridgehead atoms. The fraction of sp³-hybridized carbons (Fsp3) is 0.467. The Kier molecular flexibility index (Phi) is 4.47. The molecule has 122 valence electrons. The molecule has 3 heterocycles. The summed E-state index contributed by atoms with van der Waals surface area (Å²) >= 11 is 6.11. The minimum atomic E-state index is -0.361. The molecule has 1 N–H and O–H groups in total. The van der Waals surface area contributed by atoms with Gasteiger partial charge in [0.15, 0.2) is 5.69 Å². The molecule has 1 aliphatic rings. The van der Waals surface area contributed by atoms with E-state index in [4.69, 9.17) is 11.6 Å². The van der Waals surface area contributed by atoms with Crippen LogP contribution in [0.5, 0.6) is 0 Å². The highest BCUT2D eigenvalue weighted by atomic mass is 35.5. The minimum absolute atomic E-state index is 0.140. The SMILES string of the molecule is CC(C)n1nccc1NC(=O)c1nc(N2CCCC2)ncc1Cl. The lowest BCUT2D eigenvalue weighted by Gasteiger charge is -2.16. The van der Waals surface area contributed by atoms with Gasteiger partial charge in [-0.2, -0.15) is 5.10 Å². The predicted octanol–water partition coefficient (Wildman–Crippen LogP) is 2.76. The van der Waals surface area contributed by atoms with Gasteiger partial charge in [-0.05, 0) is 26.7 Å². The molecular formula is C15H19ClN6O. The van der Waals surface area contributed by atoms with Gasteiger partial charge >= 0.3 is 0 Å². The van der Waals surface area contributed by atoms with Crippen LogP contribution in [0, 0.1) is 0 Å². The maximum Gasteiger partial charge on any atom is 0.277 e. The second-order valence-corrected chi connectivity index (χ2v) is 6.18. The predicted molar refractivity (Wildman–Crippen MR) is 89.1 cm³/mol. The molecule has 0 spiro atoms. The molecule has 0 radical (unpaired) electrons. The van der Waals surface area contributed by atoms with E-state index in [1.807, 2.05) is 13.8 Å². The second kappa shape index (κ2) is 6.54. The molecule has 8 heteroatoms. The lowest BCUT2D eigenvalue weighted by atomic mass is 10.3. The molecule has 2 aromatic heterocycles. The van der Waals surface area contributed by atoms with Gasteiger partial charge in [0.1, 0.15) is 5.82 Å². The Morgan fingerprint density at radius 2 is 2.09 bits per heavy atom. The monoisotopic (exact) mass is 334 g/mol. The smallest absolute Gasteiger partial charge is 0.277 e. The molecule has 1 fully saturated rings. The highest BCUT2D eigenvalue weighted by Crippen LogP contribution is 2.21. The number of nitrogens with zero attached hydrogens (tertiary/aromatic N) is 5. The Hall–Kier alpha value is -2.15. The number of aromatic nitrogens is 4. The summed E-state index contributed by atoms with van der Waals surface area (Å²) in [6, 6.07) is 1.88. The Labute approximate surface area is 139 Å². The van der Waals surface area contributed by atoms with Crippen molar-refractivity contribution in [3.63, 3.8) is 0 Å². The normalized spacial score (nSPS) is 14.5. The fourth-order valence-electron chi connectivity index (χ4n) is 2.59. The first kappa shape index (κ1) is 15.7. The Balaban J connectivity index is 1.83. The van der Waals surface area contributed by atoms with Crippen LogP contribution in [0.2, 0.25) is 5.02 Å². The van der Waals surface area contributed by atoms with E-state index < -0.39 is 0 Å². The van der Waals surface area contributed by atoms with Crippen LogP contribution in [0.15, 0.2) is 18.5 Å². The summed E-state index contributed by atoms with van der Waals surface area (Å²) in [6.07, 6.45) is 5.35. The van der Waals surface area contributed by atoms with Crippen molar-refractivity contribution < 1.29 is 4.79 Å². The van der Waals surface area contributed by atoms with Gasteiger partial charge in [-0.15, -0.1) is 0 Å². The molecule has 0 aromatic carbocycles. The molecule has 0 unspecified atom stereocenters. The van der Waals surface area contributed by atoms with Crippen LogP contribution in [0.3, 0.4) is 0 Å². The largest absolute Gasteiger partial charge is 0.341 e. The molecule has 1 saturated heterocycles. The van der Waals surface area contributed by atoms with Crippen molar-refractivity contribution in [1.29, 1.82) is 0 Å². The van der Waals surface area contributed by atoms with Crippen LogP contribution >= 0.6 is 11.6 Å². The summed E-state index contributed by atoms with van der Waals surface area (Å²) in [7, 11) is 0. The maximum atomic E-state index is 12.5. The first-order valence-electron chi connectivity index (χ1n) is 7.68. The van der Waals surface area contributed by atoms with Gasteiger partial charge in [-0.1, -0.05) is 11.6 Å². The second-order valence-electron chi connectivity index (χ2n) is 5.77. The number of hydrogen-bond acceptors (Lipinski definition) is 5. The van der Waals surface area contributed by atoms with Crippen LogP contribution in [0.25, 0.3) is 0 Å². The maximum absolute atomic E-state index is 12.5. The first-order chi connectivity index (χ1) is 11.1. The number of hydrogen-bond donors (Lipinski definition) is 1. The van der Waals surface area contributed by atoms with E-state index in [1.165, 1.54) is 6.20 Å². The lowest BCUT2D eigenvalue weighted by molar-refractivity contribution is 0.102. The summed E-state index contributed by atoms with van der Waals surface area (Å²) in [4.78, 5) is 23.2. The Morgan fingerprint density at radius 3 is 2.78 bits per heavy atom. The third kappa shape index (κ3) is 3.29. The van der Waals surface area contributed by atoms with Gasteiger partial charge in [0.05, 0.1) is 17.4 Å². The zero-order chi connectivity index (χ0) is 16.4. The number of carbonyl (C=O) groups is 1. The molecule has 1 amide bonds. The van der Waals surface area contributed by atoms with E-state index >= 15 is 0 Å². The molecule has 23 heavy (non-hydrogen) atoms. The van der Waals surface area contributed by atoms with Gasteiger partial charge in [-0.25, -0.2) is 14.6 Å². The fourth-order valence-corrected chi connectivity index (χ4v) is 2.76. The Bertz CT molecular complexity index is 708. The molecule has 0 saturated carbocycles. The van der Waals surface area contributed by atoms with Crippen LogP contribution in [-0.2, 0) is 0 Å². The van der Waals surface area contributed by atoms with Gasteiger partial charge in [0.25, 0.3) is 5.91 Å². The zero-order valence-corrected chi connectivity index (χ0v) is 13.9. The summed E-state index contributed by atoms with van der Waals surface area (Å²) < 4.78 is 1.73.